The third kappa shape index (κ3) is 2.01. The van der Waals surface area contributed by atoms with Crippen molar-refractivity contribution in [3.63, 3.8) is 0 Å². The lowest BCUT2D eigenvalue weighted by Crippen LogP contribution is -1.93. The van der Waals surface area contributed by atoms with Gasteiger partial charge in [0, 0.05) is 11.6 Å². The molecule has 2 rings (SSSR count). The van der Waals surface area contributed by atoms with Crippen LogP contribution in [0.1, 0.15) is 29.5 Å². The van der Waals surface area contributed by atoms with Crippen molar-refractivity contribution in [2.75, 3.05) is 0 Å². The Hall–Kier alpha value is -1.77. The zero-order chi connectivity index (χ0) is 10.7. The van der Waals surface area contributed by atoms with E-state index in [1.807, 2.05) is 12.1 Å². The van der Waals surface area contributed by atoms with Crippen LogP contribution in [-0.2, 0) is 6.42 Å². The highest BCUT2D eigenvalue weighted by Crippen LogP contribution is 2.14. The fraction of sp³-hybridized carbons (Fsp3) is 0.250. The summed E-state index contributed by atoms with van der Waals surface area (Å²) in [6, 6.07) is 6.07. The molecular formula is C12H12N2O. The van der Waals surface area contributed by atoms with Gasteiger partial charge in [-0.3, -0.25) is 4.79 Å². The minimum Gasteiger partial charge on any atom is -0.294 e. The number of carbonyl (C=O) groups excluding carboxylic acids is 1. The molecule has 1 aromatic carbocycles. The van der Waals surface area contributed by atoms with Gasteiger partial charge in [0.15, 0.2) is 12.1 Å². The average molecular weight is 200 g/mol. The Morgan fingerprint density at radius 1 is 1.40 bits per heavy atom. The van der Waals surface area contributed by atoms with Crippen LogP contribution in [-0.4, -0.2) is 16.3 Å². The molecule has 0 aliphatic heterocycles. The molecule has 3 nitrogen and oxygen atoms in total. The molecule has 0 radical (unpaired) electrons. The van der Waals surface area contributed by atoms with Gasteiger partial charge in [-0.25, -0.2) is 9.97 Å². The zero-order valence-corrected chi connectivity index (χ0v) is 8.60. The number of fused-ring (bicyclic) bond motifs is 1. The standard InChI is InChI=1S/C12H12N2O/c1-2-3-9-4-5-11-10(6-9)7-13-12(8-15)14-11/h4-8H,2-3H2,1H3. The predicted molar refractivity (Wildman–Crippen MR) is 58.9 cm³/mol. The molecule has 15 heavy (non-hydrogen) atoms. The van der Waals surface area contributed by atoms with Crippen LogP contribution < -0.4 is 0 Å². The van der Waals surface area contributed by atoms with Gasteiger partial charge >= 0.3 is 0 Å². The van der Waals surface area contributed by atoms with Crippen LogP contribution in [0.4, 0.5) is 0 Å². The number of carbonyl (C=O) groups is 1. The smallest absolute Gasteiger partial charge is 0.193 e. The van der Waals surface area contributed by atoms with Crippen molar-refractivity contribution in [1.82, 2.24) is 9.97 Å². The Kier molecular flexibility index (Phi) is 2.72. The van der Waals surface area contributed by atoms with Crippen molar-refractivity contribution in [2.45, 2.75) is 19.8 Å². The van der Waals surface area contributed by atoms with E-state index in [2.05, 4.69) is 23.0 Å². The third-order valence-electron chi connectivity index (χ3n) is 2.31. The molecule has 0 fully saturated rings. The lowest BCUT2D eigenvalue weighted by atomic mass is 10.1. The van der Waals surface area contributed by atoms with E-state index in [1.165, 1.54) is 5.56 Å². The van der Waals surface area contributed by atoms with Crippen molar-refractivity contribution >= 4 is 17.2 Å². The van der Waals surface area contributed by atoms with Crippen LogP contribution in [0.25, 0.3) is 10.9 Å². The second kappa shape index (κ2) is 4.17. The fourth-order valence-electron chi connectivity index (χ4n) is 1.60. The largest absolute Gasteiger partial charge is 0.294 e. The number of nitrogens with zero attached hydrogens (tertiary/aromatic N) is 2. The summed E-state index contributed by atoms with van der Waals surface area (Å²) in [5.41, 5.74) is 2.11. The minimum absolute atomic E-state index is 0.241. The molecule has 0 aliphatic rings. The second-order valence-corrected chi connectivity index (χ2v) is 3.49. The van der Waals surface area contributed by atoms with Crippen molar-refractivity contribution in [2.24, 2.45) is 0 Å². The van der Waals surface area contributed by atoms with E-state index in [0.717, 1.165) is 23.7 Å². The van der Waals surface area contributed by atoms with Gasteiger partial charge in [0.05, 0.1) is 5.52 Å². The Morgan fingerprint density at radius 3 is 3.00 bits per heavy atom. The van der Waals surface area contributed by atoms with E-state index in [0.29, 0.717) is 6.29 Å². The lowest BCUT2D eigenvalue weighted by Gasteiger charge is -2.01. The molecule has 0 bridgehead atoms. The van der Waals surface area contributed by atoms with Crippen molar-refractivity contribution in [1.29, 1.82) is 0 Å². The molecule has 0 amide bonds. The minimum atomic E-state index is 0.241. The molecule has 0 saturated heterocycles. The third-order valence-corrected chi connectivity index (χ3v) is 2.31. The summed E-state index contributed by atoms with van der Waals surface area (Å²) in [4.78, 5) is 18.6. The van der Waals surface area contributed by atoms with Gasteiger partial charge < -0.3 is 0 Å². The van der Waals surface area contributed by atoms with Gasteiger partial charge in [0.1, 0.15) is 0 Å². The molecule has 2 aromatic rings. The Morgan fingerprint density at radius 2 is 2.27 bits per heavy atom. The zero-order valence-electron chi connectivity index (χ0n) is 8.60. The molecular weight excluding hydrogens is 188 g/mol. The Balaban J connectivity index is 2.49. The van der Waals surface area contributed by atoms with Crippen molar-refractivity contribution in [3.8, 4) is 0 Å². The van der Waals surface area contributed by atoms with Crippen LogP contribution in [0.3, 0.4) is 0 Å². The number of aldehydes is 1. The maximum atomic E-state index is 10.5. The molecule has 0 saturated carbocycles. The van der Waals surface area contributed by atoms with Crippen LogP contribution in [0.5, 0.6) is 0 Å². The SMILES string of the molecule is CCCc1ccc2nc(C=O)ncc2c1. The normalized spacial score (nSPS) is 10.5. The molecule has 1 heterocycles. The van der Waals surface area contributed by atoms with Crippen LogP contribution in [0, 0.1) is 0 Å². The van der Waals surface area contributed by atoms with Crippen LogP contribution in [0.2, 0.25) is 0 Å². The second-order valence-electron chi connectivity index (χ2n) is 3.49. The first-order chi connectivity index (χ1) is 7.33. The first-order valence-corrected chi connectivity index (χ1v) is 5.04. The summed E-state index contributed by atoms with van der Waals surface area (Å²) in [5.74, 6) is 0.241. The highest BCUT2D eigenvalue weighted by atomic mass is 16.1. The first-order valence-electron chi connectivity index (χ1n) is 5.04. The predicted octanol–water partition coefficient (Wildman–Crippen LogP) is 2.39. The molecule has 0 atom stereocenters. The maximum absolute atomic E-state index is 10.5. The number of hydrogen-bond acceptors (Lipinski definition) is 3. The molecule has 1 aromatic heterocycles. The monoisotopic (exact) mass is 200 g/mol. The summed E-state index contributed by atoms with van der Waals surface area (Å²) in [6.45, 7) is 2.15. The summed E-state index contributed by atoms with van der Waals surface area (Å²) in [5, 5.41) is 0.992. The van der Waals surface area contributed by atoms with E-state index in [9.17, 15) is 4.79 Å². The molecule has 0 N–H and O–H groups in total. The Labute approximate surface area is 88.2 Å². The average Bonchev–Trinajstić information content (AvgIpc) is 2.29. The van der Waals surface area contributed by atoms with Crippen LogP contribution in [0.15, 0.2) is 24.4 Å². The van der Waals surface area contributed by atoms with Gasteiger partial charge in [-0.1, -0.05) is 19.4 Å². The van der Waals surface area contributed by atoms with Crippen molar-refractivity contribution < 1.29 is 4.79 Å². The molecule has 0 spiro atoms. The van der Waals surface area contributed by atoms with Gasteiger partial charge in [-0.15, -0.1) is 0 Å². The molecule has 0 unspecified atom stereocenters. The van der Waals surface area contributed by atoms with Crippen molar-refractivity contribution in [3.05, 3.63) is 35.8 Å². The lowest BCUT2D eigenvalue weighted by molar-refractivity contribution is 0.111. The van der Waals surface area contributed by atoms with Gasteiger partial charge in [0.25, 0.3) is 0 Å². The van der Waals surface area contributed by atoms with Gasteiger partial charge in [-0.2, -0.15) is 0 Å². The van der Waals surface area contributed by atoms with E-state index < -0.39 is 0 Å². The summed E-state index contributed by atoms with van der Waals surface area (Å²) < 4.78 is 0. The van der Waals surface area contributed by atoms with E-state index in [1.54, 1.807) is 6.20 Å². The summed E-state index contributed by atoms with van der Waals surface area (Å²) >= 11 is 0. The van der Waals surface area contributed by atoms with E-state index >= 15 is 0 Å². The van der Waals surface area contributed by atoms with E-state index in [-0.39, 0.29) is 5.82 Å². The number of aryl methyl sites for hydroxylation is 1. The fourth-order valence-corrected chi connectivity index (χ4v) is 1.60. The quantitative estimate of drug-likeness (QED) is 0.714. The number of aromatic nitrogens is 2. The Bertz CT molecular complexity index is 494. The molecule has 0 aliphatic carbocycles. The highest BCUT2D eigenvalue weighted by Gasteiger charge is 1.99. The maximum Gasteiger partial charge on any atom is 0.193 e. The summed E-state index contributed by atoms with van der Waals surface area (Å²) in [6.07, 6.45) is 4.55. The van der Waals surface area contributed by atoms with E-state index in [4.69, 9.17) is 0 Å². The highest BCUT2D eigenvalue weighted by molar-refractivity contribution is 5.81. The first kappa shape index (κ1) is 9.77. The van der Waals surface area contributed by atoms with Gasteiger partial charge in [0.2, 0.25) is 0 Å². The summed E-state index contributed by atoms with van der Waals surface area (Å²) in [7, 11) is 0. The number of hydrogen-bond donors (Lipinski definition) is 0. The van der Waals surface area contributed by atoms with Crippen LogP contribution >= 0.6 is 0 Å². The number of benzene rings is 1. The topological polar surface area (TPSA) is 42.9 Å². The molecule has 3 heteroatoms. The number of rotatable bonds is 3. The van der Waals surface area contributed by atoms with Gasteiger partial charge in [-0.05, 0) is 24.1 Å². The molecule has 76 valence electrons.